The predicted molar refractivity (Wildman–Crippen MR) is 114 cm³/mol. The average Bonchev–Trinajstić information content (AvgIpc) is 2.68. The van der Waals surface area contributed by atoms with Crippen molar-refractivity contribution in [2.45, 2.75) is 11.8 Å². The van der Waals surface area contributed by atoms with Gasteiger partial charge in [0.1, 0.15) is 5.82 Å². The van der Waals surface area contributed by atoms with Crippen molar-refractivity contribution in [3.63, 3.8) is 0 Å². The summed E-state index contributed by atoms with van der Waals surface area (Å²) in [4.78, 5) is 17.5. The molecule has 8 heteroatoms. The van der Waals surface area contributed by atoms with Crippen molar-refractivity contribution in [1.29, 1.82) is 0 Å². The molecule has 0 aliphatic carbocycles. The van der Waals surface area contributed by atoms with E-state index in [1.54, 1.807) is 61.5 Å². The van der Waals surface area contributed by atoms with Gasteiger partial charge in [0.05, 0.1) is 27.2 Å². The fraction of sp³-hybridized carbons (Fsp3) is 0.0476. The van der Waals surface area contributed by atoms with Crippen LogP contribution < -0.4 is 10.3 Å². The average molecular weight is 426 g/mol. The van der Waals surface area contributed by atoms with Crippen LogP contribution in [0.5, 0.6) is 0 Å². The third-order valence-electron chi connectivity index (χ3n) is 4.41. The highest BCUT2D eigenvalue weighted by atomic mass is 35.5. The summed E-state index contributed by atoms with van der Waals surface area (Å²) in [5.74, 6) is 0.503. The third-order valence-corrected chi connectivity index (χ3v) is 6.02. The van der Waals surface area contributed by atoms with Crippen LogP contribution in [0.2, 0.25) is 5.02 Å². The molecule has 3 aromatic carbocycles. The number of para-hydroxylation sites is 1. The van der Waals surface area contributed by atoms with E-state index in [9.17, 15) is 13.2 Å². The van der Waals surface area contributed by atoms with Crippen LogP contribution in [0.3, 0.4) is 0 Å². The molecular weight excluding hydrogens is 410 g/mol. The lowest BCUT2D eigenvalue weighted by molar-refractivity contribution is 0.601. The molecule has 0 saturated heterocycles. The Labute approximate surface area is 172 Å². The van der Waals surface area contributed by atoms with E-state index in [4.69, 9.17) is 11.6 Å². The summed E-state index contributed by atoms with van der Waals surface area (Å²) >= 11 is 5.90. The first-order valence-electron chi connectivity index (χ1n) is 8.72. The minimum atomic E-state index is -3.83. The number of halogens is 1. The second-order valence-corrected chi connectivity index (χ2v) is 8.55. The minimum absolute atomic E-state index is 0.0520. The summed E-state index contributed by atoms with van der Waals surface area (Å²) in [7, 11) is -3.83. The molecule has 0 unspecified atom stereocenters. The van der Waals surface area contributed by atoms with Gasteiger partial charge in [-0.1, -0.05) is 35.9 Å². The number of rotatable bonds is 4. The maximum absolute atomic E-state index is 13.0. The lowest BCUT2D eigenvalue weighted by Crippen LogP contribution is -2.22. The molecule has 0 aliphatic rings. The largest absolute Gasteiger partial charge is 0.280 e. The summed E-state index contributed by atoms with van der Waals surface area (Å²) in [5.41, 5.74) is 1.23. The number of nitrogens with zero attached hydrogens (tertiary/aromatic N) is 2. The fourth-order valence-corrected chi connectivity index (χ4v) is 4.45. The second-order valence-electron chi connectivity index (χ2n) is 6.43. The molecule has 0 radical (unpaired) electrons. The molecule has 4 aromatic rings. The van der Waals surface area contributed by atoms with Gasteiger partial charge < -0.3 is 0 Å². The van der Waals surface area contributed by atoms with Crippen LogP contribution in [0.15, 0.2) is 82.5 Å². The van der Waals surface area contributed by atoms with Gasteiger partial charge in [0, 0.05) is 5.02 Å². The number of hydrogen-bond donors (Lipinski definition) is 1. The molecule has 1 aromatic heterocycles. The second kappa shape index (κ2) is 7.35. The molecule has 0 bridgehead atoms. The Hall–Kier alpha value is -3.16. The summed E-state index contributed by atoms with van der Waals surface area (Å²) in [6, 6.07) is 19.7. The lowest BCUT2D eigenvalue weighted by Gasteiger charge is -2.13. The first-order chi connectivity index (χ1) is 13.8. The van der Waals surface area contributed by atoms with E-state index in [0.717, 1.165) is 0 Å². The van der Waals surface area contributed by atoms with E-state index in [1.807, 2.05) is 6.07 Å². The molecule has 146 valence electrons. The van der Waals surface area contributed by atoms with Crippen LogP contribution in [-0.2, 0) is 10.0 Å². The zero-order valence-electron chi connectivity index (χ0n) is 15.3. The molecule has 1 heterocycles. The Kier molecular flexibility index (Phi) is 4.86. The maximum Gasteiger partial charge on any atom is 0.265 e. The van der Waals surface area contributed by atoms with Gasteiger partial charge in [0.15, 0.2) is 0 Å². The smallest absolute Gasteiger partial charge is 0.265 e. The molecule has 4 rings (SSSR count). The highest BCUT2D eigenvalue weighted by Crippen LogP contribution is 2.21. The molecule has 0 saturated carbocycles. The summed E-state index contributed by atoms with van der Waals surface area (Å²) in [6.45, 7) is 1.73. The van der Waals surface area contributed by atoms with Gasteiger partial charge in [-0.25, -0.2) is 13.4 Å². The summed E-state index contributed by atoms with van der Waals surface area (Å²) in [6.07, 6.45) is 0. The van der Waals surface area contributed by atoms with Gasteiger partial charge in [0.25, 0.3) is 15.6 Å². The predicted octanol–water partition coefficient (Wildman–Crippen LogP) is 4.15. The topological polar surface area (TPSA) is 81.1 Å². The number of hydrogen-bond acceptors (Lipinski definition) is 4. The Morgan fingerprint density at radius 3 is 2.52 bits per heavy atom. The molecule has 0 amide bonds. The van der Waals surface area contributed by atoms with Gasteiger partial charge >= 0.3 is 0 Å². The van der Waals surface area contributed by atoms with Crippen molar-refractivity contribution >= 4 is 38.2 Å². The SMILES string of the molecule is Cc1nc2ccccc2c(=O)n1-c1cccc(NS(=O)(=O)c2cccc(Cl)c2)c1. The van der Waals surface area contributed by atoms with Gasteiger partial charge in [-0.2, -0.15) is 0 Å². The van der Waals surface area contributed by atoms with Crippen LogP contribution in [0.25, 0.3) is 16.6 Å². The van der Waals surface area contributed by atoms with Crippen molar-refractivity contribution in [1.82, 2.24) is 9.55 Å². The molecule has 6 nitrogen and oxygen atoms in total. The summed E-state index contributed by atoms with van der Waals surface area (Å²) < 4.78 is 29.3. The highest BCUT2D eigenvalue weighted by molar-refractivity contribution is 7.92. The van der Waals surface area contributed by atoms with Crippen LogP contribution >= 0.6 is 11.6 Å². The van der Waals surface area contributed by atoms with Gasteiger partial charge in [-0.05, 0) is 55.5 Å². The molecule has 0 atom stereocenters. The van der Waals surface area contributed by atoms with Crippen molar-refractivity contribution in [3.8, 4) is 5.69 Å². The number of anilines is 1. The number of aryl methyl sites for hydroxylation is 1. The van der Waals surface area contributed by atoms with E-state index < -0.39 is 10.0 Å². The van der Waals surface area contributed by atoms with Crippen LogP contribution in [0.1, 0.15) is 5.82 Å². The Bertz CT molecular complexity index is 1400. The Morgan fingerprint density at radius 2 is 1.72 bits per heavy atom. The normalized spacial score (nSPS) is 11.5. The quantitative estimate of drug-likeness (QED) is 0.532. The van der Waals surface area contributed by atoms with Crippen molar-refractivity contribution in [2.75, 3.05) is 4.72 Å². The number of fused-ring (bicyclic) bond motifs is 1. The monoisotopic (exact) mass is 425 g/mol. The molecule has 0 spiro atoms. The Balaban J connectivity index is 1.77. The zero-order chi connectivity index (χ0) is 20.6. The van der Waals surface area contributed by atoms with Crippen molar-refractivity contribution in [2.24, 2.45) is 0 Å². The van der Waals surface area contributed by atoms with Crippen molar-refractivity contribution < 1.29 is 8.42 Å². The van der Waals surface area contributed by atoms with Gasteiger partial charge in [0.2, 0.25) is 0 Å². The number of sulfonamides is 1. The Morgan fingerprint density at radius 1 is 0.966 bits per heavy atom. The zero-order valence-corrected chi connectivity index (χ0v) is 16.9. The van der Waals surface area contributed by atoms with E-state index in [1.165, 1.54) is 16.7 Å². The minimum Gasteiger partial charge on any atom is -0.280 e. The van der Waals surface area contributed by atoms with Crippen LogP contribution in [-0.4, -0.2) is 18.0 Å². The molecule has 1 N–H and O–H groups in total. The highest BCUT2D eigenvalue weighted by Gasteiger charge is 2.16. The molecule has 29 heavy (non-hydrogen) atoms. The van der Waals surface area contributed by atoms with Crippen LogP contribution in [0.4, 0.5) is 5.69 Å². The fourth-order valence-electron chi connectivity index (χ4n) is 3.10. The van der Waals surface area contributed by atoms with Gasteiger partial charge in [-0.3, -0.25) is 14.1 Å². The molecular formula is C21H16ClN3O3S. The lowest BCUT2D eigenvalue weighted by atomic mass is 10.2. The number of nitrogens with one attached hydrogen (secondary N) is 1. The van der Waals surface area contributed by atoms with Gasteiger partial charge in [-0.15, -0.1) is 0 Å². The standard InChI is InChI=1S/C21H16ClN3O3S/c1-14-23-20-11-3-2-10-19(20)21(26)25(14)17-8-5-7-16(13-17)24-29(27,28)18-9-4-6-15(22)12-18/h2-13,24H,1H3. The third kappa shape index (κ3) is 3.74. The molecule has 0 fully saturated rings. The number of benzene rings is 3. The summed E-state index contributed by atoms with van der Waals surface area (Å²) in [5, 5.41) is 0.814. The first-order valence-corrected chi connectivity index (χ1v) is 10.6. The van der Waals surface area contributed by atoms with Crippen molar-refractivity contribution in [3.05, 3.63) is 94.0 Å². The molecule has 0 aliphatic heterocycles. The van der Waals surface area contributed by atoms with E-state index in [2.05, 4.69) is 9.71 Å². The van der Waals surface area contributed by atoms with E-state index in [-0.39, 0.29) is 10.5 Å². The van der Waals surface area contributed by atoms with E-state index >= 15 is 0 Å². The first kappa shape index (κ1) is 19.2. The van der Waals surface area contributed by atoms with E-state index in [0.29, 0.717) is 33.1 Å². The van der Waals surface area contributed by atoms with Crippen LogP contribution in [0, 0.1) is 6.92 Å². The number of aromatic nitrogens is 2. The maximum atomic E-state index is 13.0.